The van der Waals surface area contributed by atoms with Gasteiger partial charge in [-0.05, 0) is 31.6 Å². The van der Waals surface area contributed by atoms with Crippen molar-refractivity contribution >= 4 is 5.97 Å². The van der Waals surface area contributed by atoms with E-state index < -0.39 is 5.97 Å². The fourth-order valence-corrected chi connectivity index (χ4v) is 2.88. The molecule has 1 heterocycles. The molecule has 0 aromatic heterocycles. The van der Waals surface area contributed by atoms with Crippen molar-refractivity contribution in [2.45, 2.75) is 44.7 Å². The minimum atomic E-state index is -0.694. The SMILES string of the molecule is C[C@@]12CC[C@](C)(C1)[C@@H](C(=O)O)N2. The summed E-state index contributed by atoms with van der Waals surface area (Å²) in [6.07, 6.45) is 3.18. The molecule has 2 aliphatic rings. The van der Waals surface area contributed by atoms with Gasteiger partial charge in [-0.25, -0.2) is 0 Å². The lowest BCUT2D eigenvalue weighted by molar-refractivity contribution is -0.142. The van der Waals surface area contributed by atoms with Crippen LogP contribution in [0.5, 0.6) is 0 Å². The van der Waals surface area contributed by atoms with Crippen molar-refractivity contribution in [2.24, 2.45) is 5.41 Å². The topological polar surface area (TPSA) is 49.3 Å². The van der Waals surface area contributed by atoms with Gasteiger partial charge in [-0.2, -0.15) is 0 Å². The molecule has 0 amide bonds. The molecule has 1 aliphatic carbocycles. The molecule has 2 fully saturated rings. The molecule has 12 heavy (non-hydrogen) atoms. The van der Waals surface area contributed by atoms with Gasteiger partial charge in [0.2, 0.25) is 0 Å². The standard InChI is InChI=1S/C9H15NO2/c1-8-3-4-9(2,5-8)10-6(8)7(11)12/h6,10H,3-5H2,1-2H3,(H,11,12)/t6-,8-,9-/m1/s1. The molecule has 2 bridgehead atoms. The molecule has 68 valence electrons. The number of hydrogen-bond acceptors (Lipinski definition) is 2. The lowest BCUT2D eigenvalue weighted by Gasteiger charge is -2.30. The van der Waals surface area contributed by atoms with E-state index in [4.69, 9.17) is 5.11 Å². The molecule has 0 unspecified atom stereocenters. The normalized spacial score (nSPS) is 51.3. The molecule has 3 nitrogen and oxygen atoms in total. The van der Waals surface area contributed by atoms with E-state index in [0.29, 0.717) is 0 Å². The molecule has 2 N–H and O–H groups in total. The first-order valence-corrected chi connectivity index (χ1v) is 4.46. The molecule has 0 aromatic carbocycles. The summed E-state index contributed by atoms with van der Waals surface area (Å²) in [5, 5.41) is 12.2. The largest absolute Gasteiger partial charge is 0.480 e. The third kappa shape index (κ3) is 0.891. The zero-order valence-corrected chi connectivity index (χ0v) is 7.55. The number of rotatable bonds is 1. The first kappa shape index (κ1) is 8.05. The summed E-state index contributed by atoms with van der Waals surface area (Å²) >= 11 is 0. The first-order chi connectivity index (χ1) is 5.45. The predicted octanol–water partition coefficient (Wildman–Crippen LogP) is 0.992. The van der Waals surface area contributed by atoms with Crippen molar-refractivity contribution in [3.05, 3.63) is 0 Å². The average Bonchev–Trinajstić information content (AvgIpc) is 2.36. The monoisotopic (exact) mass is 169 g/mol. The van der Waals surface area contributed by atoms with Crippen molar-refractivity contribution in [3.8, 4) is 0 Å². The highest BCUT2D eigenvalue weighted by Crippen LogP contribution is 2.52. The van der Waals surface area contributed by atoms with Crippen LogP contribution in [-0.4, -0.2) is 22.7 Å². The van der Waals surface area contributed by atoms with Crippen molar-refractivity contribution in [2.75, 3.05) is 0 Å². The van der Waals surface area contributed by atoms with Crippen molar-refractivity contribution in [1.29, 1.82) is 0 Å². The Morgan fingerprint density at radius 3 is 2.42 bits per heavy atom. The summed E-state index contributed by atoms with van der Waals surface area (Å²) in [5.41, 5.74) is 0.0956. The second-order valence-electron chi connectivity index (χ2n) is 4.81. The van der Waals surface area contributed by atoms with E-state index in [9.17, 15) is 4.79 Å². The van der Waals surface area contributed by atoms with E-state index in [0.717, 1.165) is 19.3 Å². The summed E-state index contributed by atoms with van der Waals surface area (Å²) in [7, 11) is 0. The maximum Gasteiger partial charge on any atom is 0.321 e. The Labute approximate surface area is 72.2 Å². The Kier molecular flexibility index (Phi) is 1.35. The van der Waals surface area contributed by atoms with E-state index in [2.05, 4.69) is 19.2 Å². The van der Waals surface area contributed by atoms with Crippen LogP contribution in [0.2, 0.25) is 0 Å². The Morgan fingerprint density at radius 2 is 2.17 bits per heavy atom. The Bertz CT molecular complexity index is 241. The van der Waals surface area contributed by atoms with Crippen molar-refractivity contribution in [1.82, 2.24) is 5.32 Å². The van der Waals surface area contributed by atoms with Gasteiger partial charge in [-0.3, -0.25) is 10.1 Å². The van der Waals surface area contributed by atoms with Gasteiger partial charge in [-0.15, -0.1) is 0 Å². The Balaban J connectivity index is 2.28. The van der Waals surface area contributed by atoms with Gasteiger partial charge in [0.15, 0.2) is 0 Å². The van der Waals surface area contributed by atoms with E-state index >= 15 is 0 Å². The van der Waals surface area contributed by atoms with Crippen LogP contribution in [0.15, 0.2) is 0 Å². The molecular formula is C9H15NO2. The third-order valence-corrected chi connectivity index (χ3v) is 3.48. The van der Waals surface area contributed by atoms with E-state index in [1.54, 1.807) is 0 Å². The summed E-state index contributed by atoms with van der Waals surface area (Å²) < 4.78 is 0. The third-order valence-electron chi connectivity index (χ3n) is 3.48. The van der Waals surface area contributed by atoms with E-state index in [-0.39, 0.29) is 17.0 Å². The predicted molar refractivity (Wildman–Crippen MR) is 44.9 cm³/mol. The molecule has 2 rings (SSSR count). The lowest BCUT2D eigenvalue weighted by atomic mass is 9.82. The molecule has 1 saturated carbocycles. The van der Waals surface area contributed by atoms with Crippen LogP contribution in [0.4, 0.5) is 0 Å². The molecular weight excluding hydrogens is 154 g/mol. The second-order valence-corrected chi connectivity index (χ2v) is 4.81. The van der Waals surface area contributed by atoms with Gasteiger partial charge >= 0.3 is 5.97 Å². The molecule has 1 saturated heterocycles. The number of nitrogens with one attached hydrogen (secondary N) is 1. The molecule has 0 radical (unpaired) electrons. The van der Waals surface area contributed by atoms with Crippen LogP contribution < -0.4 is 5.32 Å². The number of carboxylic acid groups (broad SMARTS) is 1. The number of piperidine rings is 1. The van der Waals surface area contributed by atoms with Gasteiger partial charge in [0.05, 0.1) is 0 Å². The minimum absolute atomic E-state index is 0.000579. The summed E-state index contributed by atoms with van der Waals surface area (Å²) in [5.74, 6) is -0.694. The Morgan fingerprint density at radius 1 is 1.50 bits per heavy atom. The summed E-state index contributed by atoms with van der Waals surface area (Å²) in [4.78, 5) is 10.9. The molecule has 3 atom stereocenters. The van der Waals surface area contributed by atoms with Crippen LogP contribution in [0.3, 0.4) is 0 Å². The van der Waals surface area contributed by atoms with Gasteiger partial charge < -0.3 is 5.11 Å². The van der Waals surface area contributed by atoms with Gasteiger partial charge in [0.25, 0.3) is 0 Å². The maximum absolute atomic E-state index is 10.9. The highest BCUT2D eigenvalue weighted by Gasteiger charge is 2.57. The first-order valence-electron chi connectivity index (χ1n) is 4.46. The van der Waals surface area contributed by atoms with Crippen molar-refractivity contribution < 1.29 is 9.90 Å². The van der Waals surface area contributed by atoms with Crippen LogP contribution in [0.1, 0.15) is 33.1 Å². The average molecular weight is 169 g/mol. The van der Waals surface area contributed by atoms with Crippen LogP contribution >= 0.6 is 0 Å². The maximum atomic E-state index is 10.9. The highest BCUT2D eigenvalue weighted by molar-refractivity contribution is 5.75. The molecule has 0 aromatic rings. The van der Waals surface area contributed by atoms with E-state index in [1.165, 1.54) is 0 Å². The van der Waals surface area contributed by atoms with Gasteiger partial charge in [-0.1, -0.05) is 6.92 Å². The number of carbonyl (C=O) groups is 1. The number of aliphatic carboxylic acids is 1. The quantitative estimate of drug-likeness (QED) is 0.615. The number of fused-ring (bicyclic) bond motifs is 2. The molecule has 1 aliphatic heterocycles. The van der Waals surface area contributed by atoms with Crippen molar-refractivity contribution in [3.63, 3.8) is 0 Å². The molecule has 3 heteroatoms. The number of carboxylic acids is 1. The Hall–Kier alpha value is -0.570. The van der Waals surface area contributed by atoms with Gasteiger partial charge in [0, 0.05) is 5.54 Å². The minimum Gasteiger partial charge on any atom is -0.480 e. The summed E-state index contributed by atoms with van der Waals surface area (Å²) in [6, 6.07) is -0.323. The lowest BCUT2D eigenvalue weighted by Crippen LogP contribution is -2.50. The van der Waals surface area contributed by atoms with E-state index in [1.807, 2.05) is 0 Å². The zero-order valence-electron chi connectivity index (χ0n) is 7.55. The second kappa shape index (κ2) is 2.02. The number of hydrogen-bond donors (Lipinski definition) is 2. The van der Waals surface area contributed by atoms with Crippen LogP contribution in [0.25, 0.3) is 0 Å². The smallest absolute Gasteiger partial charge is 0.321 e. The summed E-state index contributed by atoms with van der Waals surface area (Å²) in [6.45, 7) is 4.21. The molecule has 0 spiro atoms. The fraction of sp³-hybridized carbons (Fsp3) is 0.889. The van der Waals surface area contributed by atoms with Crippen LogP contribution in [-0.2, 0) is 4.79 Å². The highest BCUT2D eigenvalue weighted by atomic mass is 16.4. The van der Waals surface area contributed by atoms with Gasteiger partial charge in [0.1, 0.15) is 6.04 Å². The fourth-order valence-electron chi connectivity index (χ4n) is 2.88. The zero-order chi connectivity index (χ0) is 8.98. The van der Waals surface area contributed by atoms with Crippen LogP contribution in [0, 0.1) is 5.41 Å².